The first-order valence-corrected chi connectivity index (χ1v) is 6.90. The smallest absolute Gasteiger partial charge is 0.0738 e. The Hall–Kier alpha value is -0.390. The molecule has 2 atom stereocenters. The maximum Gasteiger partial charge on any atom is 0.0738 e. The summed E-state index contributed by atoms with van der Waals surface area (Å²) in [6.07, 6.45) is 1.30. The summed E-state index contributed by atoms with van der Waals surface area (Å²) in [5.74, 6) is 0.182. The number of aryl methyl sites for hydroxylation is 2. The van der Waals surface area contributed by atoms with Gasteiger partial charge in [0, 0.05) is 19.1 Å². The minimum atomic E-state index is -0.254. The summed E-state index contributed by atoms with van der Waals surface area (Å²) in [5.41, 5.74) is 2.17. The second-order valence-electron chi connectivity index (χ2n) is 4.56. The van der Waals surface area contributed by atoms with Gasteiger partial charge in [-0.1, -0.05) is 0 Å². The molecule has 96 valence electrons. The van der Waals surface area contributed by atoms with E-state index in [1.165, 1.54) is 5.69 Å². The molecule has 4 nitrogen and oxygen atoms in total. The topological polar surface area (TPSA) is 47.3 Å². The summed E-state index contributed by atoms with van der Waals surface area (Å²) in [6, 6.07) is 0. The van der Waals surface area contributed by atoms with Gasteiger partial charge >= 0.3 is 0 Å². The Kier molecular flexibility index (Phi) is 4.22. The first-order valence-electron chi connectivity index (χ1n) is 6.11. The molecule has 1 aliphatic rings. The minimum Gasteiger partial charge on any atom is -0.393 e. The molecule has 1 aromatic heterocycles. The Balaban J connectivity index is 2.16. The molecule has 1 aromatic rings. The van der Waals surface area contributed by atoms with Gasteiger partial charge in [-0.05, 0) is 42.6 Å². The van der Waals surface area contributed by atoms with E-state index in [2.05, 4.69) is 28.0 Å². The fourth-order valence-corrected chi connectivity index (χ4v) is 2.74. The van der Waals surface area contributed by atoms with Crippen LogP contribution >= 0.6 is 15.9 Å². The van der Waals surface area contributed by atoms with Crippen LogP contribution in [0.3, 0.4) is 0 Å². The molecule has 1 aliphatic heterocycles. The van der Waals surface area contributed by atoms with Crippen molar-refractivity contribution in [3.63, 3.8) is 0 Å². The van der Waals surface area contributed by atoms with Crippen molar-refractivity contribution < 1.29 is 9.84 Å². The summed E-state index contributed by atoms with van der Waals surface area (Å²) in [4.78, 5) is 0. The molecular weight excluding hydrogens is 284 g/mol. The molecule has 17 heavy (non-hydrogen) atoms. The molecule has 2 rings (SSSR count). The summed E-state index contributed by atoms with van der Waals surface area (Å²) in [7, 11) is 0. The maximum absolute atomic E-state index is 9.97. The fraction of sp³-hybridized carbons (Fsp3) is 0.750. The molecule has 0 amide bonds. The first kappa shape index (κ1) is 13.1. The molecule has 2 heterocycles. The van der Waals surface area contributed by atoms with Crippen molar-refractivity contribution in [1.82, 2.24) is 9.78 Å². The van der Waals surface area contributed by atoms with E-state index in [1.807, 2.05) is 11.6 Å². The first-order chi connectivity index (χ1) is 8.13. The molecule has 1 N–H and O–H groups in total. The van der Waals surface area contributed by atoms with Gasteiger partial charge < -0.3 is 9.84 Å². The lowest BCUT2D eigenvalue weighted by molar-refractivity contribution is -0.0357. The zero-order valence-electron chi connectivity index (χ0n) is 10.3. The fourth-order valence-electron chi connectivity index (χ4n) is 2.29. The Morgan fingerprint density at radius 3 is 3.00 bits per heavy atom. The van der Waals surface area contributed by atoms with Crippen molar-refractivity contribution in [3.05, 3.63) is 15.9 Å². The zero-order chi connectivity index (χ0) is 12.4. The summed E-state index contributed by atoms with van der Waals surface area (Å²) in [5, 5.41) is 14.4. The lowest BCUT2D eigenvalue weighted by Crippen LogP contribution is -2.33. The van der Waals surface area contributed by atoms with Crippen LogP contribution in [0.25, 0.3) is 0 Å². The lowest BCUT2D eigenvalue weighted by atomic mass is 9.93. The quantitative estimate of drug-likeness (QED) is 0.928. The van der Waals surface area contributed by atoms with Gasteiger partial charge in [-0.2, -0.15) is 5.10 Å². The van der Waals surface area contributed by atoms with Gasteiger partial charge in [-0.3, -0.25) is 4.68 Å². The van der Waals surface area contributed by atoms with Crippen molar-refractivity contribution in [2.75, 3.05) is 13.2 Å². The van der Waals surface area contributed by atoms with Crippen molar-refractivity contribution in [1.29, 1.82) is 0 Å². The molecule has 2 unspecified atom stereocenters. The predicted molar refractivity (Wildman–Crippen MR) is 69.0 cm³/mol. The van der Waals surface area contributed by atoms with E-state index >= 15 is 0 Å². The summed E-state index contributed by atoms with van der Waals surface area (Å²) >= 11 is 3.58. The SMILES string of the molecule is CCn1nc(C)c(Br)c1CC1COCCC1O. The molecule has 0 aliphatic carbocycles. The molecule has 0 aromatic carbocycles. The highest BCUT2D eigenvalue weighted by molar-refractivity contribution is 9.10. The Bertz CT molecular complexity index is 392. The number of aliphatic hydroxyl groups is 1. The van der Waals surface area contributed by atoms with E-state index < -0.39 is 0 Å². The standard InChI is InChI=1S/C12H19BrN2O2/c1-3-15-10(12(13)8(2)14-15)6-9-7-17-5-4-11(9)16/h9,11,16H,3-7H2,1-2H3. The van der Waals surface area contributed by atoms with Gasteiger partial charge in [0.1, 0.15) is 0 Å². The molecule has 0 radical (unpaired) electrons. The van der Waals surface area contributed by atoms with Gasteiger partial charge in [-0.25, -0.2) is 0 Å². The van der Waals surface area contributed by atoms with Crippen LogP contribution in [-0.4, -0.2) is 34.2 Å². The van der Waals surface area contributed by atoms with Gasteiger partial charge in [0.2, 0.25) is 0 Å². The number of hydrogen-bond acceptors (Lipinski definition) is 3. The second kappa shape index (κ2) is 5.50. The Morgan fingerprint density at radius 1 is 1.59 bits per heavy atom. The van der Waals surface area contributed by atoms with Crippen molar-refractivity contribution in [2.24, 2.45) is 5.92 Å². The molecule has 1 saturated heterocycles. The van der Waals surface area contributed by atoms with E-state index in [0.717, 1.165) is 29.6 Å². The maximum atomic E-state index is 9.97. The van der Waals surface area contributed by atoms with Crippen molar-refractivity contribution in [3.8, 4) is 0 Å². The van der Waals surface area contributed by atoms with Gasteiger partial charge in [0.25, 0.3) is 0 Å². The highest BCUT2D eigenvalue weighted by Gasteiger charge is 2.26. The third-order valence-electron chi connectivity index (χ3n) is 3.34. The van der Waals surface area contributed by atoms with E-state index in [1.54, 1.807) is 0 Å². The Labute approximate surface area is 110 Å². The highest BCUT2D eigenvalue weighted by atomic mass is 79.9. The van der Waals surface area contributed by atoms with Crippen LogP contribution in [0, 0.1) is 12.8 Å². The second-order valence-corrected chi connectivity index (χ2v) is 5.35. The molecule has 0 spiro atoms. The average molecular weight is 303 g/mol. The van der Waals surface area contributed by atoms with Crippen LogP contribution < -0.4 is 0 Å². The number of halogens is 1. The van der Waals surface area contributed by atoms with Crippen LogP contribution in [0.5, 0.6) is 0 Å². The van der Waals surface area contributed by atoms with Crippen LogP contribution in [0.1, 0.15) is 24.7 Å². The third-order valence-corrected chi connectivity index (χ3v) is 4.37. The summed E-state index contributed by atoms with van der Waals surface area (Å²) in [6.45, 7) is 6.24. The van der Waals surface area contributed by atoms with E-state index in [9.17, 15) is 5.11 Å². The number of aliphatic hydroxyl groups excluding tert-OH is 1. The molecule has 0 saturated carbocycles. The minimum absolute atomic E-state index is 0.182. The lowest BCUT2D eigenvalue weighted by Gasteiger charge is -2.27. The molecule has 0 bridgehead atoms. The predicted octanol–water partition coefficient (Wildman–Crippen LogP) is 1.91. The zero-order valence-corrected chi connectivity index (χ0v) is 11.9. The van der Waals surface area contributed by atoms with E-state index in [4.69, 9.17) is 4.74 Å². The number of rotatable bonds is 3. The van der Waals surface area contributed by atoms with Crippen LogP contribution in [-0.2, 0) is 17.7 Å². The number of nitrogens with zero attached hydrogens (tertiary/aromatic N) is 2. The van der Waals surface area contributed by atoms with Gasteiger partial charge in [0.05, 0.1) is 28.6 Å². The van der Waals surface area contributed by atoms with Gasteiger partial charge in [0.15, 0.2) is 0 Å². The largest absolute Gasteiger partial charge is 0.393 e. The highest BCUT2D eigenvalue weighted by Crippen LogP contribution is 2.26. The average Bonchev–Trinajstić information content (AvgIpc) is 2.59. The monoisotopic (exact) mass is 302 g/mol. The van der Waals surface area contributed by atoms with Crippen LogP contribution in [0.15, 0.2) is 4.47 Å². The van der Waals surface area contributed by atoms with Crippen LogP contribution in [0.2, 0.25) is 0 Å². The van der Waals surface area contributed by atoms with Gasteiger partial charge in [-0.15, -0.1) is 0 Å². The van der Waals surface area contributed by atoms with Crippen LogP contribution in [0.4, 0.5) is 0 Å². The molecule has 5 heteroatoms. The van der Waals surface area contributed by atoms with E-state index in [0.29, 0.717) is 13.2 Å². The summed E-state index contributed by atoms with van der Waals surface area (Å²) < 4.78 is 8.51. The van der Waals surface area contributed by atoms with E-state index in [-0.39, 0.29) is 12.0 Å². The number of aromatic nitrogens is 2. The Morgan fingerprint density at radius 2 is 2.35 bits per heavy atom. The number of ether oxygens (including phenoxy) is 1. The number of hydrogen-bond donors (Lipinski definition) is 1. The molecule has 1 fully saturated rings. The van der Waals surface area contributed by atoms with Crippen molar-refractivity contribution in [2.45, 2.75) is 39.3 Å². The van der Waals surface area contributed by atoms with Crippen molar-refractivity contribution >= 4 is 15.9 Å². The normalized spacial score (nSPS) is 25.2. The molecular formula is C12H19BrN2O2. The third kappa shape index (κ3) is 2.72.